The molecule has 6 heteroatoms. The number of hydrogen-bond donors (Lipinski definition) is 1. The van der Waals surface area contributed by atoms with Gasteiger partial charge in [-0.15, -0.1) is 0 Å². The van der Waals surface area contributed by atoms with Crippen LogP contribution in [-0.4, -0.2) is 17.9 Å². The Bertz CT molecular complexity index is 267. The molecule has 23 heavy (non-hydrogen) atoms. The van der Waals surface area contributed by atoms with E-state index >= 15 is 0 Å². The number of hydrogen-bond acceptors (Lipinski definition) is 4. The van der Waals surface area contributed by atoms with Gasteiger partial charge in [0.1, 0.15) is 0 Å². The molecule has 0 bridgehead atoms. The Balaban J connectivity index is -0.000000268. The Morgan fingerprint density at radius 3 is 1.78 bits per heavy atom. The van der Waals surface area contributed by atoms with Crippen LogP contribution in [0.1, 0.15) is 66.2 Å². The Labute approximate surface area is 227 Å². The number of carboxylic acid groups (broad SMARTS) is 2. The third-order valence-electron chi connectivity index (χ3n) is 3.40. The van der Waals surface area contributed by atoms with E-state index in [0.717, 1.165) is 11.8 Å². The molecule has 0 rings (SSSR count). The molecule has 0 fully saturated rings. The Morgan fingerprint density at radius 2 is 1.39 bits per heavy atom. The molecule has 0 aliphatic rings. The van der Waals surface area contributed by atoms with Gasteiger partial charge in [0.25, 0.3) is 0 Å². The van der Waals surface area contributed by atoms with Crippen LogP contribution >= 0.6 is 0 Å². The van der Waals surface area contributed by atoms with E-state index in [1.54, 1.807) is 0 Å². The summed E-state index contributed by atoms with van der Waals surface area (Å²) >= 11 is 0. The number of carbonyl (C=O) groups excluding carboxylic acids is 1. The number of aliphatic hydroxyl groups is 1. The van der Waals surface area contributed by atoms with Crippen molar-refractivity contribution >= 4 is 6.16 Å². The average molecular weight is 379 g/mol. The molecule has 0 saturated heterocycles. The quantitative estimate of drug-likeness (QED) is 0.314. The van der Waals surface area contributed by atoms with E-state index in [9.17, 15) is 0 Å². The van der Waals surface area contributed by atoms with Crippen LogP contribution in [0.5, 0.6) is 0 Å². The fraction of sp³-hybridized carbons (Fsp3) is 0.824. The molecule has 2 unspecified atom stereocenters. The first-order chi connectivity index (χ1) is 9.79. The second kappa shape index (κ2) is 24.2. The Hall–Kier alpha value is 2.24. The maximum atomic E-state index is 8.68. The minimum atomic E-state index is -2.33. The van der Waals surface area contributed by atoms with Crippen molar-refractivity contribution in [3.05, 3.63) is 12.2 Å². The van der Waals surface area contributed by atoms with Crippen LogP contribution in [0.15, 0.2) is 12.2 Å². The third kappa shape index (κ3) is 36.0. The van der Waals surface area contributed by atoms with Gasteiger partial charge in [-0.05, 0) is 30.3 Å². The molecule has 0 aromatic carbocycles. The first-order valence-corrected chi connectivity index (χ1v) is 7.95. The van der Waals surface area contributed by atoms with Crippen molar-refractivity contribution in [3.8, 4) is 0 Å². The van der Waals surface area contributed by atoms with Gasteiger partial charge in [-0.25, -0.2) is 0 Å². The minimum absolute atomic E-state index is 0. The molecule has 0 radical (unpaired) electrons. The molecule has 126 valence electrons. The standard InChI is InChI=1S/C16H32O.CH2O3.2K/c1-14(2)8-5-9-15(3)10-6-11-16(4)12-7-13-17;2-1(3)4;;/h7,12,14-17H,5-6,8-11,13H2,1-4H3;(H2,2,3,4);;/q;;2*+1/p-2. The van der Waals surface area contributed by atoms with E-state index in [4.69, 9.17) is 20.1 Å². The van der Waals surface area contributed by atoms with Crippen LogP contribution in [-0.2, 0) is 0 Å². The van der Waals surface area contributed by atoms with Gasteiger partial charge >= 0.3 is 103 Å². The molecule has 0 aromatic rings. The van der Waals surface area contributed by atoms with Crippen molar-refractivity contribution < 1.29 is 123 Å². The second-order valence-electron chi connectivity index (χ2n) is 6.20. The van der Waals surface area contributed by atoms with Crippen molar-refractivity contribution in [3.63, 3.8) is 0 Å². The van der Waals surface area contributed by atoms with Crippen LogP contribution in [0.25, 0.3) is 0 Å². The number of rotatable bonds is 10. The normalized spacial score (nSPS) is 12.6. The summed E-state index contributed by atoms with van der Waals surface area (Å²) in [6.45, 7) is 9.40. The van der Waals surface area contributed by atoms with Crippen molar-refractivity contribution in [1.82, 2.24) is 0 Å². The molecule has 2 atom stereocenters. The van der Waals surface area contributed by atoms with E-state index in [0.29, 0.717) is 5.92 Å². The SMILES string of the molecule is CC(C)CCCC(C)CCCC(C)C=CCO.O=C([O-])[O-].[K+].[K+]. The van der Waals surface area contributed by atoms with Gasteiger partial charge in [-0.2, -0.15) is 0 Å². The van der Waals surface area contributed by atoms with Gasteiger partial charge in [0, 0.05) is 0 Å². The maximum Gasteiger partial charge on any atom is 1.00 e. The molecule has 0 spiro atoms. The first kappa shape index (κ1) is 32.9. The first-order valence-electron chi connectivity index (χ1n) is 7.95. The molecule has 0 aliphatic heterocycles. The predicted octanol–water partition coefficient (Wildman–Crippen LogP) is -3.64. The van der Waals surface area contributed by atoms with Crippen molar-refractivity contribution in [1.29, 1.82) is 0 Å². The fourth-order valence-corrected chi connectivity index (χ4v) is 2.20. The van der Waals surface area contributed by atoms with E-state index in [2.05, 4.69) is 33.8 Å². The molecule has 4 nitrogen and oxygen atoms in total. The van der Waals surface area contributed by atoms with Crippen LogP contribution < -0.4 is 113 Å². The summed E-state index contributed by atoms with van der Waals surface area (Å²) in [6.07, 6.45) is 9.73. The van der Waals surface area contributed by atoms with Crippen LogP contribution in [0.2, 0.25) is 0 Å². The molecular weight excluding hydrogens is 346 g/mol. The van der Waals surface area contributed by atoms with Crippen LogP contribution in [0, 0.1) is 17.8 Å². The summed E-state index contributed by atoms with van der Waals surface area (Å²) in [4.78, 5) is 8.33. The molecule has 0 heterocycles. The van der Waals surface area contributed by atoms with E-state index in [1.807, 2.05) is 6.08 Å². The van der Waals surface area contributed by atoms with Crippen molar-refractivity contribution in [2.45, 2.75) is 66.2 Å². The topological polar surface area (TPSA) is 83.4 Å². The second-order valence-corrected chi connectivity index (χ2v) is 6.20. The summed E-state index contributed by atoms with van der Waals surface area (Å²) in [5.41, 5.74) is 0. The average Bonchev–Trinajstić information content (AvgIpc) is 2.35. The van der Waals surface area contributed by atoms with Crippen LogP contribution in [0.4, 0.5) is 4.79 Å². The Morgan fingerprint density at radius 1 is 0.957 bits per heavy atom. The monoisotopic (exact) mass is 378 g/mol. The van der Waals surface area contributed by atoms with Gasteiger partial charge < -0.3 is 20.1 Å². The zero-order valence-electron chi connectivity index (χ0n) is 16.0. The summed E-state index contributed by atoms with van der Waals surface area (Å²) in [6, 6.07) is 0. The van der Waals surface area contributed by atoms with Gasteiger partial charge in [0.05, 0.1) is 6.61 Å². The maximum absolute atomic E-state index is 8.68. The number of aliphatic hydroxyl groups excluding tert-OH is 1. The molecular formula is C17H32K2O4. The number of carbonyl (C=O) groups is 1. The van der Waals surface area contributed by atoms with Gasteiger partial charge in [0.2, 0.25) is 0 Å². The predicted molar refractivity (Wildman–Crippen MR) is 82.5 cm³/mol. The van der Waals surface area contributed by atoms with Crippen LogP contribution in [0.3, 0.4) is 0 Å². The Kier molecular flexibility index (Phi) is 34.7. The van der Waals surface area contributed by atoms with E-state index < -0.39 is 6.16 Å². The minimum Gasteiger partial charge on any atom is -0.652 e. The van der Waals surface area contributed by atoms with Gasteiger partial charge in [-0.1, -0.05) is 72.0 Å². The van der Waals surface area contributed by atoms with E-state index in [1.165, 1.54) is 38.5 Å². The smallest absolute Gasteiger partial charge is 0.652 e. The molecule has 0 saturated carbocycles. The third-order valence-corrected chi connectivity index (χ3v) is 3.40. The summed E-state index contributed by atoms with van der Waals surface area (Å²) in [5, 5.41) is 25.4. The zero-order chi connectivity index (χ0) is 16.7. The molecule has 1 N–H and O–H groups in total. The summed E-state index contributed by atoms with van der Waals surface area (Å²) in [5.74, 6) is 2.35. The summed E-state index contributed by atoms with van der Waals surface area (Å²) < 4.78 is 0. The number of allylic oxidation sites excluding steroid dienone is 1. The molecule has 0 aromatic heterocycles. The fourth-order valence-electron chi connectivity index (χ4n) is 2.20. The summed E-state index contributed by atoms with van der Waals surface area (Å²) in [7, 11) is 0. The van der Waals surface area contributed by atoms with E-state index in [-0.39, 0.29) is 109 Å². The van der Waals surface area contributed by atoms with Gasteiger partial charge in [-0.3, -0.25) is 0 Å². The zero-order valence-corrected chi connectivity index (χ0v) is 22.3. The van der Waals surface area contributed by atoms with Crippen molar-refractivity contribution in [2.75, 3.05) is 6.61 Å². The van der Waals surface area contributed by atoms with Crippen molar-refractivity contribution in [2.24, 2.45) is 17.8 Å². The molecule has 0 aliphatic carbocycles. The van der Waals surface area contributed by atoms with Gasteiger partial charge in [0.15, 0.2) is 0 Å². The largest absolute Gasteiger partial charge is 1.00 e. The molecule has 0 amide bonds.